The molecule has 8 nitrogen and oxygen atoms in total. The molecule has 1 aromatic carbocycles. The molecule has 3 heterocycles. The second-order valence-electron chi connectivity index (χ2n) is 6.58. The van der Waals surface area contributed by atoms with Gasteiger partial charge < -0.3 is 14.5 Å². The van der Waals surface area contributed by atoms with E-state index in [1.54, 1.807) is 54.3 Å². The van der Waals surface area contributed by atoms with E-state index in [-0.39, 0.29) is 23.2 Å². The van der Waals surface area contributed by atoms with Crippen molar-refractivity contribution in [2.45, 2.75) is 12.5 Å². The number of carbonyl (C=O) groups excluding carboxylic acids is 1. The number of ether oxygens (including phenoxy) is 1. The molecule has 0 spiro atoms. The fraction of sp³-hybridized carbons (Fsp3) is 0.263. The molecule has 1 aliphatic rings. The van der Waals surface area contributed by atoms with Gasteiger partial charge in [-0.3, -0.25) is 9.48 Å². The number of carbonyl (C=O) groups is 1. The number of benzene rings is 1. The van der Waals surface area contributed by atoms with Gasteiger partial charge in [0.15, 0.2) is 21.3 Å². The Morgan fingerprint density at radius 3 is 2.82 bits per heavy atom. The van der Waals surface area contributed by atoms with Crippen LogP contribution in [0.1, 0.15) is 23.0 Å². The molecule has 1 atom stereocenters. The number of sulfone groups is 1. The van der Waals surface area contributed by atoms with Crippen LogP contribution in [-0.2, 0) is 9.84 Å². The molecule has 146 valence electrons. The Hall–Kier alpha value is -3.07. The Morgan fingerprint density at radius 2 is 2.14 bits per heavy atom. The number of amides is 1. The molecule has 0 aliphatic carbocycles. The number of hydrogen-bond acceptors (Lipinski definition) is 6. The van der Waals surface area contributed by atoms with Gasteiger partial charge in [0, 0.05) is 17.8 Å². The molecule has 0 saturated carbocycles. The quantitative estimate of drug-likeness (QED) is 0.705. The van der Waals surface area contributed by atoms with E-state index in [0.29, 0.717) is 29.3 Å². The van der Waals surface area contributed by atoms with Crippen LogP contribution in [0.25, 0.3) is 11.5 Å². The molecule has 2 aromatic heterocycles. The van der Waals surface area contributed by atoms with Crippen LogP contribution in [0.2, 0.25) is 0 Å². The molecule has 1 aliphatic heterocycles. The number of rotatable bonds is 5. The lowest BCUT2D eigenvalue weighted by atomic mass is 10.2. The highest BCUT2D eigenvalue weighted by Gasteiger charge is 2.32. The number of nitrogens with one attached hydrogen (secondary N) is 1. The lowest BCUT2D eigenvalue weighted by Gasteiger charge is -2.11. The summed E-state index contributed by atoms with van der Waals surface area (Å²) in [6, 6.07) is 11.8. The van der Waals surface area contributed by atoms with Crippen LogP contribution in [0.15, 0.2) is 53.1 Å². The summed E-state index contributed by atoms with van der Waals surface area (Å²) in [5, 5.41) is 7.18. The lowest BCUT2D eigenvalue weighted by Crippen LogP contribution is -2.16. The van der Waals surface area contributed by atoms with Crippen molar-refractivity contribution in [3.8, 4) is 17.2 Å². The third kappa shape index (κ3) is 3.65. The zero-order valence-corrected chi connectivity index (χ0v) is 16.0. The maximum Gasteiger partial charge on any atom is 0.276 e. The SMILES string of the molecule is COc1cccc(NC(=O)c2cc(-c3ccco3)n(C3CCS(=O)(=O)C3)n2)c1. The molecule has 28 heavy (non-hydrogen) atoms. The monoisotopic (exact) mass is 401 g/mol. The number of anilines is 1. The molecule has 1 unspecified atom stereocenters. The summed E-state index contributed by atoms with van der Waals surface area (Å²) in [6.07, 6.45) is 1.97. The maximum absolute atomic E-state index is 12.7. The van der Waals surface area contributed by atoms with Crippen LogP contribution < -0.4 is 10.1 Å². The second-order valence-corrected chi connectivity index (χ2v) is 8.81. The third-order valence-corrected chi connectivity index (χ3v) is 6.37. The van der Waals surface area contributed by atoms with Gasteiger partial charge in [0.2, 0.25) is 0 Å². The summed E-state index contributed by atoms with van der Waals surface area (Å²) in [4.78, 5) is 12.7. The summed E-state index contributed by atoms with van der Waals surface area (Å²) < 4.78 is 36.0. The van der Waals surface area contributed by atoms with Gasteiger partial charge in [0.1, 0.15) is 11.4 Å². The third-order valence-electron chi connectivity index (χ3n) is 4.62. The van der Waals surface area contributed by atoms with Gasteiger partial charge in [-0.1, -0.05) is 6.07 Å². The van der Waals surface area contributed by atoms with Crippen LogP contribution in [0, 0.1) is 0 Å². The van der Waals surface area contributed by atoms with Crippen molar-refractivity contribution < 1.29 is 22.4 Å². The van der Waals surface area contributed by atoms with E-state index in [1.807, 2.05) is 0 Å². The van der Waals surface area contributed by atoms with E-state index in [0.717, 1.165) is 0 Å². The average Bonchev–Trinajstić information content (AvgIpc) is 3.40. The lowest BCUT2D eigenvalue weighted by molar-refractivity contribution is 0.102. The van der Waals surface area contributed by atoms with Gasteiger partial charge >= 0.3 is 0 Å². The number of methoxy groups -OCH3 is 1. The van der Waals surface area contributed by atoms with Crippen LogP contribution in [0.3, 0.4) is 0 Å². The molecular formula is C19H19N3O5S. The van der Waals surface area contributed by atoms with Crippen LogP contribution >= 0.6 is 0 Å². The highest BCUT2D eigenvalue weighted by Crippen LogP contribution is 2.30. The van der Waals surface area contributed by atoms with Crippen LogP contribution in [0.4, 0.5) is 5.69 Å². The Bertz CT molecular complexity index is 1100. The topological polar surface area (TPSA) is 103 Å². The summed E-state index contributed by atoms with van der Waals surface area (Å²) >= 11 is 0. The number of nitrogens with zero attached hydrogens (tertiary/aromatic N) is 2. The minimum atomic E-state index is -3.10. The molecule has 0 bridgehead atoms. The predicted molar refractivity (Wildman–Crippen MR) is 103 cm³/mol. The van der Waals surface area contributed by atoms with Crippen molar-refractivity contribution in [1.82, 2.24) is 9.78 Å². The molecule has 0 radical (unpaired) electrons. The van der Waals surface area contributed by atoms with E-state index in [4.69, 9.17) is 9.15 Å². The first-order valence-electron chi connectivity index (χ1n) is 8.74. The first kappa shape index (κ1) is 18.3. The first-order valence-corrected chi connectivity index (χ1v) is 10.6. The molecule has 9 heteroatoms. The van der Waals surface area contributed by atoms with Gasteiger partial charge in [0.05, 0.1) is 30.9 Å². The average molecular weight is 401 g/mol. The smallest absolute Gasteiger partial charge is 0.276 e. The van der Waals surface area contributed by atoms with Gasteiger partial charge in [-0.15, -0.1) is 0 Å². The van der Waals surface area contributed by atoms with Crippen molar-refractivity contribution in [2.75, 3.05) is 23.9 Å². The highest BCUT2D eigenvalue weighted by molar-refractivity contribution is 7.91. The Morgan fingerprint density at radius 1 is 1.29 bits per heavy atom. The van der Waals surface area contributed by atoms with Crippen molar-refractivity contribution in [2.24, 2.45) is 0 Å². The van der Waals surface area contributed by atoms with Crippen LogP contribution in [0.5, 0.6) is 5.75 Å². The van der Waals surface area contributed by atoms with Crippen molar-refractivity contribution in [3.63, 3.8) is 0 Å². The summed E-state index contributed by atoms with van der Waals surface area (Å²) in [5.74, 6) is 0.855. The number of hydrogen-bond donors (Lipinski definition) is 1. The summed E-state index contributed by atoms with van der Waals surface area (Å²) in [6.45, 7) is 0. The van der Waals surface area contributed by atoms with E-state index in [9.17, 15) is 13.2 Å². The molecule has 1 amide bonds. The van der Waals surface area contributed by atoms with Gasteiger partial charge in [-0.05, 0) is 30.7 Å². The normalized spacial score (nSPS) is 18.1. The zero-order chi connectivity index (χ0) is 19.7. The maximum atomic E-state index is 12.7. The van der Waals surface area contributed by atoms with E-state index >= 15 is 0 Å². The Labute approximate surface area is 162 Å². The first-order chi connectivity index (χ1) is 13.4. The Kier molecular flexibility index (Phi) is 4.68. The van der Waals surface area contributed by atoms with Crippen molar-refractivity contribution >= 4 is 21.4 Å². The van der Waals surface area contributed by atoms with Crippen molar-refractivity contribution in [3.05, 3.63) is 54.4 Å². The van der Waals surface area contributed by atoms with E-state index < -0.39 is 15.7 Å². The Balaban J connectivity index is 1.66. The largest absolute Gasteiger partial charge is 0.497 e. The molecule has 1 fully saturated rings. The number of aromatic nitrogens is 2. The molecule has 3 aromatic rings. The molecule has 1 saturated heterocycles. The van der Waals surface area contributed by atoms with E-state index in [1.165, 1.54) is 6.26 Å². The minimum absolute atomic E-state index is 0.000663. The van der Waals surface area contributed by atoms with Gasteiger partial charge in [-0.25, -0.2) is 8.42 Å². The highest BCUT2D eigenvalue weighted by atomic mass is 32.2. The summed E-state index contributed by atoms with van der Waals surface area (Å²) in [7, 11) is -1.55. The predicted octanol–water partition coefficient (Wildman–Crippen LogP) is 2.76. The van der Waals surface area contributed by atoms with E-state index in [2.05, 4.69) is 10.4 Å². The fourth-order valence-corrected chi connectivity index (χ4v) is 4.95. The minimum Gasteiger partial charge on any atom is -0.497 e. The van der Waals surface area contributed by atoms with Crippen LogP contribution in [-0.4, -0.2) is 42.7 Å². The zero-order valence-electron chi connectivity index (χ0n) is 15.2. The van der Waals surface area contributed by atoms with Gasteiger partial charge in [0.25, 0.3) is 5.91 Å². The molecule has 1 N–H and O–H groups in total. The number of furan rings is 1. The standard InChI is InChI=1S/C19H19N3O5S/c1-26-15-5-2-4-13(10-15)20-19(23)16-11-17(18-6-3-8-27-18)22(21-16)14-7-9-28(24,25)12-14/h2-6,8,10-11,14H,7,9,12H2,1H3,(H,20,23). The van der Waals surface area contributed by atoms with Gasteiger partial charge in [-0.2, -0.15) is 5.10 Å². The second kappa shape index (κ2) is 7.16. The molecular weight excluding hydrogens is 382 g/mol. The summed E-state index contributed by atoms with van der Waals surface area (Å²) in [5.41, 5.74) is 1.32. The van der Waals surface area contributed by atoms with Crippen molar-refractivity contribution in [1.29, 1.82) is 0 Å². The molecule has 4 rings (SSSR count). The fourth-order valence-electron chi connectivity index (χ4n) is 3.26.